The Bertz CT molecular complexity index is 737. The van der Waals surface area contributed by atoms with Crippen LogP contribution in [0, 0.1) is 5.92 Å². The van der Waals surface area contributed by atoms with Gasteiger partial charge in [0.15, 0.2) is 19.7 Å². The minimum absolute atomic E-state index is 0.0139. The molecule has 8 heteroatoms. The van der Waals surface area contributed by atoms with E-state index in [2.05, 4.69) is 5.32 Å². The lowest BCUT2D eigenvalue weighted by atomic mass is 10.2. The first kappa shape index (κ1) is 16.3. The molecule has 3 N–H and O–H groups in total. The van der Waals surface area contributed by atoms with Crippen molar-refractivity contribution in [1.29, 1.82) is 0 Å². The molecule has 6 nitrogen and oxygen atoms in total. The second kappa shape index (κ2) is 5.58. The molecule has 2 rings (SSSR count). The van der Waals surface area contributed by atoms with Crippen LogP contribution in [0.3, 0.4) is 0 Å². The number of sulfone groups is 2. The highest BCUT2D eigenvalue weighted by Crippen LogP contribution is 2.32. The molecule has 0 heterocycles. The zero-order chi connectivity index (χ0) is 15.8. The van der Waals surface area contributed by atoms with E-state index in [9.17, 15) is 16.8 Å². The lowest BCUT2D eigenvalue weighted by molar-refractivity contribution is 0.599. The van der Waals surface area contributed by atoms with Gasteiger partial charge in [-0.3, -0.25) is 0 Å². The van der Waals surface area contributed by atoms with Crippen molar-refractivity contribution in [2.24, 2.45) is 11.7 Å². The van der Waals surface area contributed by atoms with Crippen LogP contribution in [0.2, 0.25) is 0 Å². The summed E-state index contributed by atoms with van der Waals surface area (Å²) in [4.78, 5) is -0.0339. The Morgan fingerprint density at radius 2 is 1.81 bits per heavy atom. The quantitative estimate of drug-likeness (QED) is 0.792. The number of benzene rings is 1. The average molecular weight is 332 g/mol. The van der Waals surface area contributed by atoms with Crippen molar-refractivity contribution < 1.29 is 16.8 Å². The molecule has 0 spiro atoms. The van der Waals surface area contributed by atoms with E-state index < -0.39 is 19.7 Å². The molecule has 1 unspecified atom stereocenters. The zero-order valence-corrected chi connectivity index (χ0v) is 13.7. The van der Waals surface area contributed by atoms with Crippen molar-refractivity contribution in [3.05, 3.63) is 18.2 Å². The van der Waals surface area contributed by atoms with Crippen molar-refractivity contribution >= 4 is 25.4 Å². The molecule has 1 aromatic carbocycles. The van der Waals surface area contributed by atoms with Gasteiger partial charge in [-0.05, 0) is 37.0 Å². The lowest BCUT2D eigenvalue weighted by Gasteiger charge is -2.15. The van der Waals surface area contributed by atoms with E-state index in [0.717, 1.165) is 25.4 Å². The van der Waals surface area contributed by atoms with Crippen LogP contribution in [0.15, 0.2) is 28.0 Å². The number of nitrogens with two attached hydrogens (primary N) is 1. The highest BCUT2D eigenvalue weighted by molar-refractivity contribution is 7.91. The Morgan fingerprint density at radius 3 is 2.29 bits per heavy atom. The molecular formula is C13H20N2O4S2. The molecule has 0 aromatic heterocycles. The van der Waals surface area contributed by atoms with Gasteiger partial charge in [0.05, 0.1) is 15.5 Å². The van der Waals surface area contributed by atoms with Gasteiger partial charge >= 0.3 is 0 Å². The first-order valence-electron chi connectivity index (χ1n) is 6.62. The van der Waals surface area contributed by atoms with Crippen LogP contribution < -0.4 is 11.1 Å². The second-order valence-electron chi connectivity index (χ2n) is 5.58. The van der Waals surface area contributed by atoms with Crippen LogP contribution in [0.5, 0.6) is 0 Å². The fourth-order valence-electron chi connectivity index (χ4n) is 2.10. The van der Waals surface area contributed by atoms with Crippen molar-refractivity contribution in [3.63, 3.8) is 0 Å². The maximum atomic E-state index is 11.9. The second-order valence-corrected chi connectivity index (χ2v) is 9.58. The fraction of sp³-hybridized carbons (Fsp3) is 0.538. The Morgan fingerprint density at radius 1 is 1.19 bits per heavy atom. The van der Waals surface area contributed by atoms with Gasteiger partial charge in [0, 0.05) is 25.1 Å². The first-order chi connectivity index (χ1) is 9.59. The summed E-state index contributed by atoms with van der Waals surface area (Å²) in [6, 6.07) is 4.05. The number of hydrogen-bond donors (Lipinski definition) is 2. The number of hydrogen-bond acceptors (Lipinski definition) is 6. The predicted octanol–water partition coefficient (Wildman–Crippen LogP) is 0.643. The van der Waals surface area contributed by atoms with E-state index in [4.69, 9.17) is 5.73 Å². The molecule has 0 radical (unpaired) electrons. The number of nitrogens with one attached hydrogen (secondary N) is 1. The van der Waals surface area contributed by atoms with Crippen LogP contribution in [0.1, 0.15) is 12.8 Å². The van der Waals surface area contributed by atoms with Gasteiger partial charge in [-0.2, -0.15) is 0 Å². The summed E-state index contributed by atoms with van der Waals surface area (Å²) >= 11 is 0. The molecule has 1 aromatic rings. The average Bonchev–Trinajstić information content (AvgIpc) is 3.17. The van der Waals surface area contributed by atoms with Gasteiger partial charge < -0.3 is 11.1 Å². The van der Waals surface area contributed by atoms with E-state index >= 15 is 0 Å². The highest BCUT2D eigenvalue weighted by atomic mass is 32.2. The molecule has 1 aliphatic carbocycles. The van der Waals surface area contributed by atoms with E-state index in [1.54, 1.807) is 0 Å². The Balaban J connectivity index is 2.31. The minimum Gasteiger partial charge on any atom is -0.382 e. The van der Waals surface area contributed by atoms with Gasteiger partial charge in [-0.1, -0.05) is 0 Å². The van der Waals surface area contributed by atoms with Gasteiger partial charge in [0.25, 0.3) is 0 Å². The van der Waals surface area contributed by atoms with Crippen LogP contribution in [-0.2, 0) is 19.7 Å². The van der Waals surface area contributed by atoms with Crippen LogP contribution >= 0.6 is 0 Å². The normalized spacial score (nSPS) is 17.5. The van der Waals surface area contributed by atoms with Crippen LogP contribution in [0.25, 0.3) is 0 Å². The molecule has 0 saturated heterocycles. The third kappa shape index (κ3) is 4.18. The van der Waals surface area contributed by atoms with Crippen LogP contribution in [0.4, 0.5) is 5.69 Å². The zero-order valence-electron chi connectivity index (χ0n) is 12.0. The predicted molar refractivity (Wildman–Crippen MR) is 81.9 cm³/mol. The van der Waals surface area contributed by atoms with Crippen LogP contribution in [-0.4, -0.2) is 41.9 Å². The SMILES string of the molecule is CS(=O)(=O)c1ccc(NCC(N)C2CC2)c(S(C)(=O)=O)c1. The molecule has 1 fully saturated rings. The Kier molecular flexibility index (Phi) is 4.32. The summed E-state index contributed by atoms with van der Waals surface area (Å²) in [6.07, 6.45) is 4.31. The number of anilines is 1. The van der Waals surface area contributed by atoms with Gasteiger partial charge in [-0.15, -0.1) is 0 Å². The topological polar surface area (TPSA) is 106 Å². The van der Waals surface area contributed by atoms with Crippen molar-refractivity contribution in [1.82, 2.24) is 0 Å². The summed E-state index contributed by atoms with van der Waals surface area (Å²) in [6.45, 7) is 0.464. The summed E-state index contributed by atoms with van der Waals surface area (Å²) in [7, 11) is -6.99. The fourth-order valence-corrected chi connectivity index (χ4v) is 3.71. The Hall–Kier alpha value is -1.12. The number of rotatable bonds is 6. The monoisotopic (exact) mass is 332 g/mol. The highest BCUT2D eigenvalue weighted by Gasteiger charge is 2.28. The van der Waals surface area contributed by atoms with Crippen molar-refractivity contribution in [2.45, 2.75) is 28.7 Å². The van der Waals surface area contributed by atoms with Crippen molar-refractivity contribution in [2.75, 3.05) is 24.4 Å². The lowest BCUT2D eigenvalue weighted by Crippen LogP contribution is -2.31. The van der Waals surface area contributed by atoms with E-state index in [1.807, 2.05) is 0 Å². The summed E-state index contributed by atoms with van der Waals surface area (Å²) in [5.74, 6) is 0.495. The summed E-state index contributed by atoms with van der Waals surface area (Å²) in [5, 5.41) is 3.02. The maximum Gasteiger partial charge on any atom is 0.177 e. The van der Waals surface area contributed by atoms with Gasteiger partial charge in [0.1, 0.15) is 0 Å². The molecule has 21 heavy (non-hydrogen) atoms. The molecule has 1 saturated carbocycles. The Labute approximate surface area is 125 Å². The molecule has 118 valence electrons. The van der Waals surface area contributed by atoms with Gasteiger partial charge in [-0.25, -0.2) is 16.8 Å². The van der Waals surface area contributed by atoms with Gasteiger partial charge in [0.2, 0.25) is 0 Å². The third-order valence-corrected chi connectivity index (χ3v) is 5.78. The minimum atomic E-state index is -3.54. The smallest absolute Gasteiger partial charge is 0.177 e. The summed E-state index contributed by atoms with van der Waals surface area (Å²) < 4.78 is 46.8. The molecule has 0 aliphatic heterocycles. The third-order valence-electron chi connectivity index (χ3n) is 3.54. The molecular weight excluding hydrogens is 312 g/mol. The maximum absolute atomic E-state index is 11.9. The van der Waals surface area contributed by atoms with E-state index in [1.165, 1.54) is 18.2 Å². The van der Waals surface area contributed by atoms with Crippen molar-refractivity contribution in [3.8, 4) is 0 Å². The summed E-state index contributed by atoms with van der Waals surface area (Å²) in [5.41, 5.74) is 6.37. The molecule has 1 atom stereocenters. The largest absolute Gasteiger partial charge is 0.382 e. The first-order valence-corrected chi connectivity index (χ1v) is 10.4. The van der Waals surface area contributed by atoms with E-state index in [0.29, 0.717) is 18.2 Å². The van der Waals surface area contributed by atoms with E-state index in [-0.39, 0.29) is 15.8 Å². The molecule has 1 aliphatic rings. The standard InChI is InChI=1S/C13H20N2O4S2/c1-20(16,17)10-5-6-12(13(7-10)21(2,18)19)15-8-11(14)9-3-4-9/h5-7,9,11,15H,3-4,8,14H2,1-2H3. The molecule has 0 amide bonds. The molecule has 0 bridgehead atoms.